The number of hydrogen-bond donors (Lipinski definition) is 3. The monoisotopic (exact) mass is 802 g/mol. The van der Waals surface area contributed by atoms with Crippen molar-refractivity contribution in [1.82, 2.24) is 15.5 Å². The maximum absolute atomic E-state index is 13.8. The number of amides is 4. The minimum Gasteiger partial charge on any atom is -0.484 e. The van der Waals surface area contributed by atoms with Gasteiger partial charge in [0.25, 0.3) is 5.91 Å². The predicted molar refractivity (Wildman–Crippen MR) is 212 cm³/mol. The molecule has 3 aromatic carbocycles. The van der Waals surface area contributed by atoms with Gasteiger partial charge >= 0.3 is 18.0 Å². The van der Waals surface area contributed by atoms with Gasteiger partial charge < -0.3 is 45.0 Å². The number of carbonyl (C=O) groups excluding carboxylic acids is 6. The Hall–Kier alpha value is -5.96. The van der Waals surface area contributed by atoms with Crippen molar-refractivity contribution < 1.29 is 52.5 Å². The van der Waals surface area contributed by atoms with Crippen LogP contribution in [0.15, 0.2) is 78.9 Å². The summed E-state index contributed by atoms with van der Waals surface area (Å²) >= 11 is 0. The number of primary amides is 1. The van der Waals surface area contributed by atoms with Gasteiger partial charge in [-0.05, 0) is 73.9 Å². The Morgan fingerprint density at radius 2 is 1.41 bits per heavy atom. The molecule has 1 aliphatic heterocycles. The molecule has 4 atom stereocenters. The van der Waals surface area contributed by atoms with Gasteiger partial charge in [-0.2, -0.15) is 0 Å². The van der Waals surface area contributed by atoms with Crippen LogP contribution in [0.3, 0.4) is 0 Å². The van der Waals surface area contributed by atoms with Crippen LogP contribution in [0.4, 0.5) is 4.79 Å². The highest BCUT2D eigenvalue weighted by Gasteiger charge is 2.31. The summed E-state index contributed by atoms with van der Waals surface area (Å²) in [6.07, 6.45) is -1.81. The topological polar surface area (TPSA) is 202 Å². The van der Waals surface area contributed by atoms with Crippen molar-refractivity contribution in [2.45, 2.75) is 91.4 Å². The predicted octanol–water partition coefficient (Wildman–Crippen LogP) is 4.37. The molecule has 15 heteroatoms. The number of rotatable bonds is 19. The SMILES string of the molecule is Cc1ccccc1OCC(=O)NC(CC(C)C)C(=O)NC(Cc1ccc(OC(=O)N2CCC(C(N)=O)CC2)cc1)C(=O)OC(C)OC(=O)C(C)OCc1ccccc1. The molecule has 312 valence electrons. The van der Waals surface area contributed by atoms with E-state index in [-0.39, 0.29) is 49.5 Å². The summed E-state index contributed by atoms with van der Waals surface area (Å²) in [4.78, 5) is 79.1. The number of aryl methyl sites for hydroxylation is 1. The van der Waals surface area contributed by atoms with Crippen molar-refractivity contribution in [2.75, 3.05) is 19.7 Å². The summed E-state index contributed by atoms with van der Waals surface area (Å²) in [5, 5.41) is 5.44. The smallest absolute Gasteiger partial charge is 0.415 e. The van der Waals surface area contributed by atoms with Crippen LogP contribution >= 0.6 is 0 Å². The first-order valence-electron chi connectivity index (χ1n) is 19.4. The van der Waals surface area contributed by atoms with Crippen molar-refractivity contribution in [3.05, 3.63) is 95.6 Å². The molecule has 15 nitrogen and oxygen atoms in total. The van der Waals surface area contributed by atoms with Gasteiger partial charge in [0.05, 0.1) is 6.61 Å². The number of hydrogen-bond acceptors (Lipinski definition) is 11. The number of nitrogens with one attached hydrogen (secondary N) is 2. The second-order valence-corrected chi connectivity index (χ2v) is 14.6. The summed E-state index contributed by atoms with van der Waals surface area (Å²) < 4.78 is 27.7. The van der Waals surface area contributed by atoms with Crippen LogP contribution in [0.25, 0.3) is 0 Å². The lowest BCUT2D eigenvalue weighted by Gasteiger charge is -2.29. The first-order chi connectivity index (χ1) is 27.7. The number of piperidine rings is 1. The second kappa shape index (κ2) is 22.1. The molecule has 0 saturated carbocycles. The molecule has 4 unspecified atom stereocenters. The van der Waals surface area contributed by atoms with Gasteiger partial charge in [0.1, 0.15) is 23.6 Å². The molecule has 1 saturated heterocycles. The molecule has 58 heavy (non-hydrogen) atoms. The van der Waals surface area contributed by atoms with Crippen LogP contribution in [0.2, 0.25) is 0 Å². The second-order valence-electron chi connectivity index (χ2n) is 14.6. The molecule has 0 bridgehead atoms. The summed E-state index contributed by atoms with van der Waals surface area (Å²) in [6, 6.07) is 20.5. The first kappa shape index (κ1) is 44.8. The number of esters is 2. The Labute approximate surface area is 338 Å². The largest absolute Gasteiger partial charge is 0.484 e. The molecule has 0 aromatic heterocycles. The Morgan fingerprint density at radius 1 is 0.776 bits per heavy atom. The van der Waals surface area contributed by atoms with Gasteiger partial charge in [-0.1, -0.05) is 74.5 Å². The molecule has 4 amide bonds. The highest BCUT2D eigenvalue weighted by Crippen LogP contribution is 2.21. The van der Waals surface area contributed by atoms with Crippen molar-refractivity contribution in [3.8, 4) is 11.5 Å². The molecule has 1 heterocycles. The number of para-hydroxylation sites is 1. The first-order valence-corrected chi connectivity index (χ1v) is 19.4. The van der Waals surface area contributed by atoms with Crippen LogP contribution < -0.4 is 25.8 Å². The lowest BCUT2D eigenvalue weighted by Crippen LogP contribution is -2.54. The fraction of sp³-hybridized carbons (Fsp3) is 0.442. The van der Waals surface area contributed by atoms with E-state index in [0.29, 0.717) is 37.2 Å². The van der Waals surface area contributed by atoms with Crippen LogP contribution in [0.1, 0.15) is 63.6 Å². The molecule has 0 spiro atoms. The summed E-state index contributed by atoms with van der Waals surface area (Å²) in [7, 11) is 0. The Kier molecular flexibility index (Phi) is 17.1. The number of ether oxygens (including phenoxy) is 5. The minimum atomic E-state index is -1.35. The maximum atomic E-state index is 13.8. The third-order valence-electron chi connectivity index (χ3n) is 9.38. The van der Waals surface area contributed by atoms with E-state index >= 15 is 0 Å². The van der Waals surface area contributed by atoms with E-state index in [2.05, 4.69) is 10.6 Å². The van der Waals surface area contributed by atoms with Crippen LogP contribution in [-0.4, -0.2) is 84.8 Å². The molecule has 1 fully saturated rings. The van der Waals surface area contributed by atoms with E-state index in [0.717, 1.165) is 11.1 Å². The van der Waals surface area contributed by atoms with Crippen LogP contribution in [0.5, 0.6) is 11.5 Å². The number of nitrogens with two attached hydrogens (primary N) is 1. The Morgan fingerprint density at radius 3 is 2.05 bits per heavy atom. The molecule has 0 aliphatic carbocycles. The average molecular weight is 803 g/mol. The van der Waals surface area contributed by atoms with E-state index in [1.54, 1.807) is 36.4 Å². The van der Waals surface area contributed by atoms with Crippen LogP contribution in [0, 0.1) is 18.8 Å². The maximum Gasteiger partial charge on any atom is 0.415 e. The summed E-state index contributed by atoms with van der Waals surface area (Å²) in [5.74, 6) is -2.75. The standard InChI is InChI=1S/C43H54N4O11/c1-27(2)23-35(45-38(48)26-55-37-14-10-9-11-28(37)3)40(50)46-36(42(52)57-30(5)56-41(51)29(4)54-25-32-12-7-6-8-13-32)24-31-15-17-34(18-16-31)58-43(53)47-21-19-33(20-22-47)39(44)49/h6-18,27,29-30,33,35-36H,19-26H2,1-5H3,(H2,44,49)(H,45,48)(H,46,50). The van der Waals surface area contributed by atoms with E-state index in [4.69, 9.17) is 29.4 Å². The minimum absolute atomic E-state index is 0.0194. The molecule has 4 N–H and O–H groups in total. The lowest BCUT2D eigenvalue weighted by molar-refractivity contribution is -0.193. The van der Waals surface area contributed by atoms with Crippen molar-refractivity contribution in [2.24, 2.45) is 17.6 Å². The van der Waals surface area contributed by atoms with E-state index in [9.17, 15) is 28.8 Å². The zero-order valence-electron chi connectivity index (χ0n) is 33.6. The number of likely N-dealkylation sites (tertiary alicyclic amines) is 1. The molecule has 0 radical (unpaired) electrons. The van der Waals surface area contributed by atoms with Gasteiger partial charge in [0.15, 0.2) is 12.7 Å². The molecular formula is C43H54N4O11. The van der Waals surface area contributed by atoms with Crippen molar-refractivity contribution >= 4 is 35.8 Å². The molecular weight excluding hydrogens is 748 g/mol. The van der Waals surface area contributed by atoms with E-state index in [1.165, 1.54) is 18.7 Å². The molecule has 1 aliphatic rings. The summed E-state index contributed by atoms with van der Waals surface area (Å²) in [5.41, 5.74) is 7.67. The normalized spacial score (nSPS) is 15.0. The van der Waals surface area contributed by atoms with Gasteiger partial charge in [-0.25, -0.2) is 14.4 Å². The highest BCUT2D eigenvalue weighted by molar-refractivity contribution is 5.91. The van der Waals surface area contributed by atoms with Gasteiger partial charge in [-0.3, -0.25) is 14.4 Å². The van der Waals surface area contributed by atoms with Crippen molar-refractivity contribution in [1.29, 1.82) is 0 Å². The number of carbonyl (C=O) groups is 6. The van der Waals surface area contributed by atoms with Crippen molar-refractivity contribution in [3.63, 3.8) is 0 Å². The highest BCUT2D eigenvalue weighted by atomic mass is 16.7. The number of nitrogens with zero attached hydrogens (tertiary/aromatic N) is 1. The van der Waals surface area contributed by atoms with Gasteiger partial charge in [0.2, 0.25) is 18.1 Å². The Bertz CT molecular complexity index is 1850. The molecule has 3 aromatic rings. The summed E-state index contributed by atoms with van der Waals surface area (Å²) in [6.45, 7) is 9.01. The lowest BCUT2D eigenvalue weighted by atomic mass is 9.97. The quantitative estimate of drug-likeness (QED) is 0.115. The average Bonchev–Trinajstić information content (AvgIpc) is 3.19. The fourth-order valence-corrected chi connectivity index (χ4v) is 6.10. The zero-order chi connectivity index (χ0) is 42.2. The van der Waals surface area contributed by atoms with E-state index in [1.807, 2.05) is 63.2 Å². The Balaban J connectivity index is 1.43. The zero-order valence-corrected chi connectivity index (χ0v) is 33.6. The van der Waals surface area contributed by atoms with Crippen LogP contribution in [-0.2, 0) is 51.2 Å². The molecule has 4 rings (SSSR count). The van der Waals surface area contributed by atoms with Gasteiger partial charge in [0, 0.05) is 32.4 Å². The van der Waals surface area contributed by atoms with E-state index < -0.39 is 54.3 Å². The number of benzene rings is 3. The third-order valence-corrected chi connectivity index (χ3v) is 9.38. The fourth-order valence-electron chi connectivity index (χ4n) is 6.10. The third kappa shape index (κ3) is 14.5. The van der Waals surface area contributed by atoms with Gasteiger partial charge in [-0.15, -0.1) is 0 Å².